The fraction of sp³-hybridized carbons (Fsp3) is 1.00. The van der Waals surface area contributed by atoms with E-state index in [1.807, 2.05) is 27.7 Å². The third-order valence-corrected chi connectivity index (χ3v) is 8.20. The van der Waals surface area contributed by atoms with Crippen LogP contribution in [-0.2, 0) is 32.2 Å². The molecule has 0 aromatic carbocycles. The maximum absolute atomic E-state index is 6.39. The molecule has 0 saturated carbocycles. The van der Waals surface area contributed by atoms with Crippen molar-refractivity contribution < 1.29 is 32.2 Å². The Bertz CT molecular complexity index is 427. The second-order valence-corrected chi connectivity index (χ2v) is 11.1. The molecule has 31 heavy (non-hydrogen) atoms. The Balaban J connectivity index is 2.94. The van der Waals surface area contributed by atoms with Gasteiger partial charge in [-0.2, -0.15) is 0 Å². The molecular weight excluding hydrogens is 416 g/mol. The lowest BCUT2D eigenvalue weighted by molar-refractivity contribution is -0.388. The minimum atomic E-state index is -3.08. The minimum absolute atomic E-state index is 0.00419. The molecule has 186 valence electrons. The second kappa shape index (κ2) is 15.7. The molecule has 4 unspecified atom stereocenters. The highest BCUT2D eigenvalue weighted by molar-refractivity contribution is 6.62. The number of unbranched alkanes of at least 4 members (excludes halogenated alkanes) is 3. The Morgan fingerprint density at radius 1 is 0.903 bits per heavy atom. The van der Waals surface area contributed by atoms with Crippen LogP contribution in [0.2, 0.25) is 0 Å². The molecule has 0 radical (unpaired) electrons. The lowest BCUT2D eigenvalue weighted by atomic mass is 10.4. The van der Waals surface area contributed by atoms with Gasteiger partial charge in [0.15, 0.2) is 6.29 Å². The first-order valence-corrected chi connectivity index (χ1v) is 14.3. The molecule has 1 saturated heterocycles. The number of hydrogen-bond donors (Lipinski definition) is 0. The van der Waals surface area contributed by atoms with E-state index in [0.29, 0.717) is 39.3 Å². The molecule has 8 heteroatoms. The summed E-state index contributed by atoms with van der Waals surface area (Å²) < 4.78 is 43.4. The smallest absolute Gasteiger partial charge is 0.372 e. The molecule has 0 bridgehead atoms. The molecule has 1 rings (SSSR count). The first kappa shape index (κ1) is 29.0. The first-order valence-electron chi connectivity index (χ1n) is 12.5. The summed E-state index contributed by atoms with van der Waals surface area (Å²) in [5, 5.41) is 0. The van der Waals surface area contributed by atoms with Crippen molar-refractivity contribution in [3.05, 3.63) is 0 Å². The van der Waals surface area contributed by atoms with E-state index in [1.165, 1.54) is 0 Å². The third kappa shape index (κ3) is 9.76. The van der Waals surface area contributed by atoms with Crippen molar-refractivity contribution in [1.82, 2.24) is 0 Å². The largest absolute Gasteiger partial charge is 0.531 e. The maximum atomic E-state index is 6.39. The molecule has 0 N–H and O–H groups in total. The summed E-state index contributed by atoms with van der Waals surface area (Å²) in [5.74, 6) is -1.06. The van der Waals surface area contributed by atoms with Crippen LogP contribution < -0.4 is 0 Å². The zero-order valence-electron chi connectivity index (χ0n) is 21.1. The van der Waals surface area contributed by atoms with Crippen LogP contribution in [0, 0.1) is 0 Å². The van der Waals surface area contributed by atoms with E-state index < -0.39 is 21.1 Å². The molecule has 7 nitrogen and oxygen atoms in total. The van der Waals surface area contributed by atoms with Crippen LogP contribution in [0.1, 0.15) is 99.8 Å². The summed E-state index contributed by atoms with van der Waals surface area (Å²) >= 11 is 0. The SMILES string of the molecule is CCCCO[Si](OCCCC)(OCCCC)C(C)OC(CC)OC1(CC)OCC(C)O1. The average Bonchev–Trinajstić information content (AvgIpc) is 3.14. The lowest BCUT2D eigenvalue weighted by Gasteiger charge is -2.37. The molecule has 0 spiro atoms. The normalized spacial score (nSPS) is 23.9. The Morgan fingerprint density at radius 2 is 1.42 bits per heavy atom. The van der Waals surface area contributed by atoms with Gasteiger partial charge in [0, 0.05) is 26.2 Å². The van der Waals surface area contributed by atoms with Crippen LogP contribution in [0.25, 0.3) is 0 Å². The van der Waals surface area contributed by atoms with Crippen LogP contribution in [0.15, 0.2) is 0 Å². The van der Waals surface area contributed by atoms with E-state index in [-0.39, 0.29) is 11.8 Å². The topological polar surface area (TPSA) is 64.6 Å². The molecule has 0 aromatic heterocycles. The average molecular weight is 465 g/mol. The fourth-order valence-electron chi connectivity index (χ4n) is 3.22. The van der Waals surface area contributed by atoms with Crippen molar-refractivity contribution >= 4 is 8.80 Å². The van der Waals surface area contributed by atoms with Crippen molar-refractivity contribution in [2.24, 2.45) is 0 Å². The van der Waals surface area contributed by atoms with Crippen LogP contribution >= 0.6 is 0 Å². The van der Waals surface area contributed by atoms with E-state index in [1.54, 1.807) is 0 Å². The zero-order valence-corrected chi connectivity index (χ0v) is 22.1. The van der Waals surface area contributed by atoms with E-state index in [9.17, 15) is 0 Å². The van der Waals surface area contributed by atoms with Gasteiger partial charge < -0.3 is 27.5 Å². The molecule has 1 aliphatic heterocycles. The summed E-state index contributed by atoms with van der Waals surface area (Å²) in [4.78, 5) is 0. The third-order valence-electron chi connectivity index (χ3n) is 5.25. The molecule has 1 heterocycles. The number of rotatable bonds is 19. The molecule has 0 aliphatic carbocycles. The maximum Gasteiger partial charge on any atom is 0.531 e. The fourth-order valence-corrected chi connectivity index (χ4v) is 5.78. The van der Waals surface area contributed by atoms with Gasteiger partial charge in [0.25, 0.3) is 5.97 Å². The number of hydrogen-bond acceptors (Lipinski definition) is 7. The van der Waals surface area contributed by atoms with Gasteiger partial charge in [0.2, 0.25) is 0 Å². The summed E-state index contributed by atoms with van der Waals surface area (Å²) in [6, 6.07) is 0. The summed E-state index contributed by atoms with van der Waals surface area (Å²) in [7, 11) is -3.08. The lowest BCUT2D eigenvalue weighted by Crippen LogP contribution is -2.58. The quantitative estimate of drug-likeness (QED) is 0.141. The van der Waals surface area contributed by atoms with Crippen molar-refractivity contribution in [1.29, 1.82) is 0 Å². The summed E-state index contributed by atoms with van der Waals surface area (Å²) in [6.07, 6.45) is 6.76. The van der Waals surface area contributed by atoms with Gasteiger partial charge in [-0.25, -0.2) is 0 Å². The van der Waals surface area contributed by atoms with Gasteiger partial charge in [-0.15, -0.1) is 0 Å². The number of ether oxygens (including phenoxy) is 4. The highest BCUT2D eigenvalue weighted by Gasteiger charge is 2.50. The zero-order chi connectivity index (χ0) is 23.2. The van der Waals surface area contributed by atoms with Gasteiger partial charge in [-0.3, -0.25) is 4.74 Å². The predicted octanol–water partition coefficient (Wildman–Crippen LogP) is 5.57. The van der Waals surface area contributed by atoms with Crippen LogP contribution in [-0.4, -0.2) is 59.3 Å². The monoisotopic (exact) mass is 464 g/mol. The summed E-state index contributed by atoms with van der Waals surface area (Å²) in [5.41, 5.74) is -0.365. The second-order valence-electron chi connectivity index (χ2n) is 8.22. The Morgan fingerprint density at radius 3 is 1.77 bits per heavy atom. The van der Waals surface area contributed by atoms with Crippen molar-refractivity contribution in [3.8, 4) is 0 Å². The highest BCUT2D eigenvalue weighted by atomic mass is 28.4. The first-order chi connectivity index (χ1) is 14.9. The van der Waals surface area contributed by atoms with Crippen LogP contribution in [0.3, 0.4) is 0 Å². The predicted molar refractivity (Wildman–Crippen MR) is 124 cm³/mol. The van der Waals surface area contributed by atoms with Gasteiger partial charge in [-0.1, -0.05) is 53.9 Å². The molecule has 1 fully saturated rings. The van der Waals surface area contributed by atoms with Crippen molar-refractivity contribution in [3.63, 3.8) is 0 Å². The van der Waals surface area contributed by atoms with Crippen molar-refractivity contribution in [2.75, 3.05) is 26.4 Å². The molecular formula is C23H48O7Si. The van der Waals surface area contributed by atoms with Gasteiger partial charge in [0.05, 0.1) is 12.7 Å². The molecule has 0 aromatic rings. The molecule has 4 atom stereocenters. The van der Waals surface area contributed by atoms with Crippen molar-refractivity contribution in [2.45, 2.75) is 124 Å². The minimum Gasteiger partial charge on any atom is -0.372 e. The van der Waals surface area contributed by atoms with Crippen LogP contribution in [0.4, 0.5) is 0 Å². The van der Waals surface area contributed by atoms with E-state index >= 15 is 0 Å². The van der Waals surface area contributed by atoms with E-state index in [2.05, 4.69) is 20.8 Å². The highest BCUT2D eigenvalue weighted by Crippen LogP contribution is 2.32. The summed E-state index contributed by atoms with van der Waals surface area (Å²) in [6.45, 7) is 16.8. The Hall–Kier alpha value is -0.0631. The van der Waals surface area contributed by atoms with E-state index in [0.717, 1.165) is 38.5 Å². The standard InChI is InChI=1S/C23H48O7Si/c1-8-13-16-25-31(26-17-14-9-2,27-18-15-10-3)21(7)28-22(11-4)30-23(12-5)24-19-20(6)29-23/h20-22H,8-19H2,1-7H3. The van der Waals surface area contributed by atoms with Gasteiger partial charge in [-0.05, 0) is 39.5 Å². The molecule has 1 aliphatic rings. The van der Waals surface area contributed by atoms with E-state index in [4.69, 9.17) is 32.2 Å². The van der Waals surface area contributed by atoms with Gasteiger partial charge in [0.1, 0.15) is 5.73 Å². The Kier molecular flexibility index (Phi) is 14.7. The Labute approximate surface area is 191 Å². The van der Waals surface area contributed by atoms with Gasteiger partial charge >= 0.3 is 8.80 Å². The molecule has 0 amide bonds. The van der Waals surface area contributed by atoms with Crippen LogP contribution in [0.5, 0.6) is 0 Å².